The Hall–Kier alpha value is -2.53. The van der Waals surface area contributed by atoms with E-state index in [1.54, 1.807) is 0 Å². The van der Waals surface area contributed by atoms with Crippen molar-refractivity contribution in [2.45, 2.75) is 31.7 Å². The molecule has 0 aliphatic carbocycles. The maximum Gasteiger partial charge on any atom is 0.241 e. The highest BCUT2D eigenvalue weighted by Gasteiger charge is 2.27. The molecule has 1 aliphatic heterocycles. The van der Waals surface area contributed by atoms with Gasteiger partial charge < -0.3 is 16.4 Å². The molecular formula is C21H28N4O. The van der Waals surface area contributed by atoms with E-state index in [4.69, 9.17) is 5.73 Å². The first-order chi connectivity index (χ1) is 12.6. The molecule has 2 aromatic carbocycles. The van der Waals surface area contributed by atoms with Crippen molar-refractivity contribution in [2.75, 3.05) is 36.5 Å². The number of nitrogens with two attached hydrogens (primary N) is 1. The average Bonchev–Trinajstić information content (AvgIpc) is 3.07. The second-order valence-electron chi connectivity index (χ2n) is 6.98. The zero-order valence-electron chi connectivity index (χ0n) is 15.4. The van der Waals surface area contributed by atoms with Gasteiger partial charge in [0.05, 0.1) is 6.04 Å². The van der Waals surface area contributed by atoms with Crippen LogP contribution in [0.1, 0.15) is 24.8 Å². The maximum atomic E-state index is 12.4. The Balaban J connectivity index is 1.46. The molecule has 1 aliphatic rings. The molecular weight excluding hydrogens is 324 g/mol. The van der Waals surface area contributed by atoms with Crippen LogP contribution in [0.4, 0.5) is 17.1 Å². The van der Waals surface area contributed by atoms with E-state index in [9.17, 15) is 4.79 Å². The van der Waals surface area contributed by atoms with Crippen LogP contribution in [-0.4, -0.2) is 37.0 Å². The van der Waals surface area contributed by atoms with Gasteiger partial charge in [-0.05, 0) is 75.2 Å². The third-order valence-electron chi connectivity index (χ3n) is 4.90. The number of hydrogen-bond acceptors (Lipinski definition) is 4. The molecule has 0 saturated carbocycles. The van der Waals surface area contributed by atoms with E-state index in [1.165, 1.54) is 5.56 Å². The van der Waals surface area contributed by atoms with Gasteiger partial charge in [-0.25, -0.2) is 0 Å². The fourth-order valence-corrected chi connectivity index (χ4v) is 3.38. The number of rotatable bonds is 7. The Labute approximate surface area is 155 Å². The van der Waals surface area contributed by atoms with Crippen LogP contribution in [-0.2, 0) is 11.2 Å². The average molecular weight is 352 g/mol. The number of nitrogens with one attached hydrogen (secondary N) is 2. The molecule has 5 nitrogen and oxygen atoms in total. The van der Waals surface area contributed by atoms with Gasteiger partial charge in [0, 0.05) is 23.6 Å². The first-order valence-electron chi connectivity index (χ1n) is 9.31. The third kappa shape index (κ3) is 4.99. The minimum Gasteiger partial charge on any atom is -0.399 e. The Morgan fingerprint density at radius 3 is 2.69 bits per heavy atom. The molecule has 0 spiro atoms. The van der Waals surface area contributed by atoms with Crippen LogP contribution < -0.4 is 16.4 Å². The van der Waals surface area contributed by atoms with Crippen molar-refractivity contribution in [1.29, 1.82) is 0 Å². The summed E-state index contributed by atoms with van der Waals surface area (Å²) in [6, 6.07) is 16.0. The van der Waals surface area contributed by atoms with Crippen molar-refractivity contribution in [3.8, 4) is 0 Å². The highest BCUT2D eigenvalue weighted by molar-refractivity contribution is 5.95. The summed E-state index contributed by atoms with van der Waals surface area (Å²) in [6.45, 7) is 1.88. The second-order valence-corrected chi connectivity index (χ2v) is 6.98. The van der Waals surface area contributed by atoms with Crippen LogP contribution in [0.5, 0.6) is 0 Å². The minimum atomic E-state index is -0.00785. The molecule has 5 heteroatoms. The number of nitrogen functional groups attached to an aromatic ring is 1. The van der Waals surface area contributed by atoms with Gasteiger partial charge in [-0.1, -0.05) is 18.2 Å². The van der Waals surface area contributed by atoms with E-state index in [1.807, 2.05) is 43.4 Å². The first-order valence-corrected chi connectivity index (χ1v) is 9.31. The molecule has 1 saturated heterocycles. The Morgan fingerprint density at radius 1 is 1.19 bits per heavy atom. The molecule has 26 heavy (non-hydrogen) atoms. The first kappa shape index (κ1) is 18.3. The second kappa shape index (κ2) is 8.72. The fourth-order valence-electron chi connectivity index (χ4n) is 3.38. The molecule has 2 aromatic rings. The van der Waals surface area contributed by atoms with Crippen molar-refractivity contribution in [2.24, 2.45) is 0 Å². The van der Waals surface area contributed by atoms with E-state index in [2.05, 4.69) is 27.7 Å². The number of hydrogen-bond donors (Lipinski definition) is 3. The van der Waals surface area contributed by atoms with Gasteiger partial charge in [0.2, 0.25) is 5.91 Å². The van der Waals surface area contributed by atoms with E-state index < -0.39 is 0 Å². The quantitative estimate of drug-likeness (QED) is 0.528. The lowest BCUT2D eigenvalue weighted by Crippen LogP contribution is -2.37. The van der Waals surface area contributed by atoms with Crippen molar-refractivity contribution in [3.63, 3.8) is 0 Å². The topological polar surface area (TPSA) is 70.4 Å². The summed E-state index contributed by atoms with van der Waals surface area (Å²) in [5, 5.41) is 6.48. The van der Waals surface area contributed by atoms with E-state index in [0.29, 0.717) is 0 Å². The lowest BCUT2D eigenvalue weighted by molar-refractivity contribution is -0.119. The molecule has 0 radical (unpaired) electrons. The highest BCUT2D eigenvalue weighted by atomic mass is 16.2. The molecule has 1 amide bonds. The van der Waals surface area contributed by atoms with Crippen LogP contribution in [0.3, 0.4) is 0 Å². The largest absolute Gasteiger partial charge is 0.399 e. The van der Waals surface area contributed by atoms with Gasteiger partial charge in [0.25, 0.3) is 0 Å². The summed E-state index contributed by atoms with van der Waals surface area (Å²) in [7, 11) is 2.01. The standard InChI is InChI=1S/C21H28N4O/c1-25-14-4-8-20(25)21(26)24-19-7-2-6-18(15-19)23-13-3-5-16-9-11-17(22)12-10-16/h2,6-7,9-12,15,20,23H,3-5,8,13-14,22H2,1H3,(H,24,26). The predicted octanol–water partition coefficient (Wildman–Crippen LogP) is 3.35. The molecule has 1 heterocycles. The molecule has 4 N–H and O–H groups in total. The van der Waals surface area contributed by atoms with Crippen LogP contribution in [0.25, 0.3) is 0 Å². The summed E-state index contributed by atoms with van der Waals surface area (Å²) >= 11 is 0. The number of carbonyl (C=O) groups is 1. The number of aryl methyl sites for hydroxylation is 1. The van der Waals surface area contributed by atoms with Crippen molar-refractivity contribution < 1.29 is 4.79 Å². The Morgan fingerprint density at radius 2 is 1.96 bits per heavy atom. The van der Waals surface area contributed by atoms with Gasteiger partial charge in [-0.3, -0.25) is 9.69 Å². The zero-order chi connectivity index (χ0) is 18.4. The van der Waals surface area contributed by atoms with Crippen molar-refractivity contribution in [1.82, 2.24) is 4.90 Å². The fraction of sp³-hybridized carbons (Fsp3) is 0.381. The van der Waals surface area contributed by atoms with Crippen molar-refractivity contribution in [3.05, 3.63) is 54.1 Å². The van der Waals surface area contributed by atoms with E-state index in [0.717, 1.165) is 55.8 Å². The number of anilines is 3. The number of carbonyl (C=O) groups excluding carboxylic acids is 1. The van der Waals surface area contributed by atoms with Gasteiger partial charge in [0.15, 0.2) is 0 Å². The SMILES string of the molecule is CN1CCCC1C(=O)Nc1cccc(NCCCc2ccc(N)cc2)c1. The van der Waals surface area contributed by atoms with Crippen molar-refractivity contribution >= 4 is 23.0 Å². The lowest BCUT2D eigenvalue weighted by Gasteiger charge is -2.19. The van der Waals surface area contributed by atoms with E-state index in [-0.39, 0.29) is 11.9 Å². The number of likely N-dealkylation sites (tertiary alicyclic amines) is 1. The monoisotopic (exact) mass is 352 g/mol. The van der Waals surface area contributed by atoms with E-state index >= 15 is 0 Å². The van der Waals surface area contributed by atoms with Gasteiger partial charge in [-0.2, -0.15) is 0 Å². The number of nitrogens with zero attached hydrogens (tertiary/aromatic N) is 1. The van der Waals surface area contributed by atoms with Gasteiger partial charge in [0.1, 0.15) is 0 Å². The third-order valence-corrected chi connectivity index (χ3v) is 4.90. The summed E-state index contributed by atoms with van der Waals surface area (Å²) in [5.74, 6) is 0.0884. The number of benzene rings is 2. The Bertz CT molecular complexity index is 729. The number of likely N-dealkylation sites (N-methyl/N-ethyl adjacent to an activating group) is 1. The number of amides is 1. The summed E-state index contributed by atoms with van der Waals surface area (Å²) in [6.07, 6.45) is 4.07. The molecule has 1 fully saturated rings. The molecule has 1 atom stereocenters. The molecule has 0 bridgehead atoms. The molecule has 0 aromatic heterocycles. The summed E-state index contributed by atoms with van der Waals surface area (Å²) < 4.78 is 0. The smallest absolute Gasteiger partial charge is 0.241 e. The molecule has 138 valence electrons. The predicted molar refractivity (Wildman–Crippen MR) is 108 cm³/mol. The van der Waals surface area contributed by atoms with Gasteiger partial charge in [-0.15, -0.1) is 0 Å². The van der Waals surface area contributed by atoms with Gasteiger partial charge >= 0.3 is 0 Å². The highest BCUT2D eigenvalue weighted by Crippen LogP contribution is 2.19. The minimum absolute atomic E-state index is 0.00785. The normalized spacial score (nSPS) is 17.2. The van der Waals surface area contributed by atoms with Crippen LogP contribution >= 0.6 is 0 Å². The Kier molecular flexibility index (Phi) is 6.12. The zero-order valence-corrected chi connectivity index (χ0v) is 15.4. The van der Waals surface area contributed by atoms with Crippen LogP contribution in [0, 0.1) is 0 Å². The summed E-state index contributed by atoms with van der Waals surface area (Å²) in [5.41, 5.74) is 9.68. The molecule has 1 unspecified atom stereocenters. The lowest BCUT2D eigenvalue weighted by atomic mass is 10.1. The molecule has 3 rings (SSSR count). The summed E-state index contributed by atoms with van der Waals surface area (Å²) in [4.78, 5) is 14.5. The van der Waals surface area contributed by atoms with Crippen LogP contribution in [0.2, 0.25) is 0 Å². The maximum absolute atomic E-state index is 12.4. The van der Waals surface area contributed by atoms with Crippen LogP contribution in [0.15, 0.2) is 48.5 Å².